The van der Waals surface area contributed by atoms with E-state index in [2.05, 4.69) is 16.8 Å². The highest BCUT2D eigenvalue weighted by Crippen LogP contribution is 2.24. The van der Waals surface area contributed by atoms with Crippen molar-refractivity contribution in [2.24, 2.45) is 0 Å². The lowest BCUT2D eigenvalue weighted by atomic mass is 10.00. The van der Waals surface area contributed by atoms with Crippen molar-refractivity contribution in [3.05, 3.63) is 12.7 Å². The average Bonchev–Trinajstić information content (AvgIpc) is 2.97. The first-order valence-corrected chi connectivity index (χ1v) is 7.95. The molecule has 3 nitrogen and oxygen atoms in total. The van der Waals surface area contributed by atoms with Gasteiger partial charge in [-0.25, -0.2) is 0 Å². The summed E-state index contributed by atoms with van der Waals surface area (Å²) >= 11 is 0. The van der Waals surface area contributed by atoms with Gasteiger partial charge in [0.1, 0.15) is 0 Å². The van der Waals surface area contributed by atoms with Crippen molar-refractivity contribution in [1.82, 2.24) is 10.2 Å². The number of amides is 1. The van der Waals surface area contributed by atoms with E-state index >= 15 is 0 Å². The van der Waals surface area contributed by atoms with Crippen LogP contribution in [0, 0.1) is 0 Å². The predicted molar refractivity (Wildman–Crippen MR) is 79.0 cm³/mol. The predicted octanol–water partition coefficient (Wildman–Crippen LogP) is 2.87. The van der Waals surface area contributed by atoms with Gasteiger partial charge in [-0.1, -0.05) is 25.3 Å². The highest BCUT2D eigenvalue weighted by atomic mass is 16.2. The Morgan fingerprint density at radius 1 is 1.21 bits per heavy atom. The third kappa shape index (κ3) is 4.34. The maximum atomic E-state index is 12.4. The van der Waals surface area contributed by atoms with E-state index in [0.717, 1.165) is 19.5 Å². The molecule has 0 aromatic heterocycles. The van der Waals surface area contributed by atoms with Gasteiger partial charge in [0.05, 0.1) is 0 Å². The molecule has 19 heavy (non-hydrogen) atoms. The van der Waals surface area contributed by atoms with Gasteiger partial charge >= 0.3 is 0 Å². The lowest BCUT2D eigenvalue weighted by molar-refractivity contribution is -0.133. The molecule has 0 aromatic rings. The standard InChI is InChI=1S/C16H28N2O/c1-2-13-18(15-8-3-4-9-15)16(19)11-10-14-7-5-6-12-17-14/h2,14-15,17H,1,3-13H2. The molecule has 2 fully saturated rings. The molecule has 1 heterocycles. The second kappa shape index (κ2) is 7.68. The van der Waals surface area contributed by atoms with Gasteiger partial charge in [-0.2, -0.15) is 0 Å². The summed E-state index contributed by atoms with van der Waals surface area (Å²) in [5, 5.41) is 3.52. The Hall–Kier alpha value is -0.830. The third-order valence-corrected chi connectivity index (χ3v) is 4.53. The Labute approximate surface area is 117 Å². The number of carbonyl (C=O) groups is 1. The van der Waals surface area contributed by atoms with Crippen LogP contribution in [0.15, 0.2) is 12.7 Å². The van der Waals surface area contributed by atoms with Gasteiger partial charge < -0.3 is 10.2 Å². The zero-order chi connectivity index (χ0) is 13.5. The summed E-state index contributed by atoms with van der Waals surface area (Å²) in [5.41, 5.74) is 0. The molecule has 2 rings (SSSR count). The zero-order valence-electron chi connectivity index (χ0n) is 12.1. The van der Waals surface area contributed by atoms with Crippen LogP contribution in [0.25, 0.3) is 0 Å². The lowest BCUT2D eigenvalue weighted by Crippen LogP contribution is -2.40. The SMILES string of the molecule is C=CCN(C(=O)CCC1CCCCN1)C1CCCC1. The normalized spacial score (nSPS) is 24.3. The number of rotatable bonds is 6. The first-order chi connectivity index (χ1) is 9.31. The molecular weight excluding hydrogens is 236 g/mol. The first kappa shape index (κ1) is 14.6. The quantitative estimate of drug-likeness (QED) is 0.748. The van der Waals surface area contributed by atoms with Crippen LogP contribution in [0.5, 0.6) is 0 Å². The smallest absolute Gasteiger partial charge is 0.223 e. The highest BCUT2D eigenvalue weighted by molar-refractivity contribution is 5.76. The molecule has 1 atom stereocenters. The Morgan fingerprint density at radius 3 is 2.58 bits per heavy atom. The molecule has 1 aliphatic heterocycles. The maximum absolute atomic E-state index is 12.4. The van der Waals surface area contributed by atoms with E-state index < -0.39 is 0 Å². The van der Waals surface area contributed by atoms with Crippen molar-refractivity contribution in [2.45, 2.75) is 69.9 Å². The Balaban J connectivity index is 1.79. The van der Waals surface area contributed by atoms with Crippen LogP contribution in [0.1, 0.15) is 57.8 Å². The van der Waals surface area contributed by atoms with Crippen molar-refractivity contribution >= 4 is 5.91 Å². The molecule has 1 saturated heterocycles. The maximum Gasteiger partial charge on any atom is 0.223 e. The molecular formula is C16H28N2O. The minimum Gasteiger partial charge on any atom is -0.336 e. The molecule has 0 radical (unpaired) electrons. The topological polar surface area (TPSA) is 32.3 Å². The number of nitrogens with one attached hydrogen (secondary N) is 1. The minimum atomic E-state index is 0.333. The molecule has 0 aromatic carbocycles. The summed E-state index contributed by atoms with van der Waals surface area (Å²) in [4.78, 5) is 14.5. The Kier molecular flexibility index (Phi) is 5.90. The lowest BCUT2D eigenvalue weighted by Gasteiger charge is -2.29. The molecule has 1 saturated carbocycles. The molecule has 2 aliphatic rings. The van der Waals surface area contributed by atoms with Crippen molar-refractivity contribution in [3.63, 3.8) is 0 Å². The van der Waals surface area contributed by atoms with Crippen LogP contribution < -0.4 is 5.32 Å². The number of carbonyl (C=O) groups excluding carboxylic acids is 1. The summed E-state index contributed by atoms with van der Waals surface area (Å²) in [5.74, 6) is 0.333. The van der Waals surface area contributed by atoms with Crippen LogP contribution in [0.2, 0.25) is 0 Å². The van der Waals surface area contributed by atoms with Gasteiger partial charge in [-0.3, -0.25) is 4.79 Å². The van der Waals surface area contributed by atoms with Gasteiger partial charge in [-0.05, 0) is 38.6 Å². The van der Waals surface area contributed by atoms with Gasteiger partial charge in [0.2, 0.25) is 5.91 Å². The van der Waals surface area contributed by atoms with Gasteiger partial charge in [0, 0.05) is 25.0 Å². The summed E-state index contributed by atoms with van der Waals surface area (Å²) in [6.45, 7) is 5.64. The van der Waals surface area contributed by atoms with Crippen LogP contribution in [0.3, 0.4) is 0 Å². The van der Waals surface area contributed by atoms with Crippen molar-refractivity contribution < 1.29 is 4.79 Å². The fraction of sp³-hybridized carbons (Fsp3) is 0.812. The molecule has 1 aliphatic carbocycles. The van der Waals surface area contributed by atoms with Crippen molar-refractivity contribution in [1.29, 1.82) is 0 Å². The Bertz CT molecular complexity index is 291. The second-order valence-corrected chi connectivity index (χ2v) is 5.96. The van der Waals surface area contributed by atoms with Crippen molar-refractivity contribution in [2.75, 3.05) is 13.1 Å². The molecule has 1 unspecified atom stereocenters. The number of nitrogens with zero attached hydrogens (tertiary/aromatic N) is 1. The highest BCUT2D eigenvalue weighted by Gasteiger charge is 2.26. The fourth-order valence-corrected chi connectivity index (χ4v) is 3.42. The van der Waals surface area contributed by atoms with E-state index in [-0.39, 0.29) is 0 Å². The van der Waals surface area contributed by atoms with Gasteiger partial charge in [0.25, 0.3) is 0 Å². The van der Waals surface area contributed by atoms with Gasteiger partial charge in [0.15, 0.2) is 0 Å². The monoisotopic (exact) mass is 264 g/mol. The van der Waals surface area contributed by atoms with Crippen molar-refractivity contribution in [3.8, 4) is 0 Å². The molecule has 1 amide bonds. The molecule has 0 bridgehead atoms. The van der Waals surface area contributed by atoms with Crippen LogP contribution >= 0.6 is 0 Å². The van der Waals surface area contributed by atoms with E-state index in [1.807, 2.05) is 6.08 Å². The van der Waals surface area contributed by atoms with Gasteiger partial charge in [-0.15, -0.1) is 6.58 Å². The summed E-state index contributed by atoms with van der Waals surface area (Å²) in [6, 6.07) is 1.04. The second-order valence-electron chi connectivity index (χ2n) is 5.96. The minimum absolute atomic E-state index is 0.333. The average molecular weight is 264 g/mol. The van der Waals surface area contributed by atoms with Crippen LogP contribution in [0.4, 0.5) is 0 Å². The fourth-order valence-electron chi connectivity index (χ4n) is 3.42. The Morgan fingerprint density at radius 2 is 1.95 bits per heavy atom. The molecule has 3 heteroatoms. The summed E-state index contributed by atoms with van der Waals surface area (Å²) in [6.07, 6.45) is 12.3. The van der Waals surface area contributed by atoms with E-state index in [1.54, 1.807) is 0 Å². The van der Waals surface area contributed by atoms with Crippen LogP contribution in [-0.2, 0) is 4.79 Å². The van der Waals surface area contributed by atoms with E-state index in [4.69, 9.17) is 0 Å². The summed E-state index contributed by atoms with van der Waals surface area (Å²) in [7, 11) is 0. The number of hydrogen-bond acceptors (Lipinski definition) is 2. The number of piperidine rings is 1. The first-order valence-electron chi connectivity index (χ1n) is 7.95. The van der Waals surface area contributed by atoms with E-state index in [1.165, 1.54) is 44.9 Å². The molecule has 1 N–H and O–H groups in total. The summed E-state index contributed by atoms with van der Waals surface area (Å²) < 4.78 is 0. The molecule has 0 spiro atoms. The number of hydrogen-bond donors (Lipinski definition) is 1. The molecule has 108 valence electrons. The van der Waals surface area contributed by atoms with Crippen LogP contribution in [-0.4, -0.2) is 36.0 Å². The van der Waals surface area contributed by atoms with E-state index in [9.17, 15) is 4.79 Å². The largest absolute Gasteiger partial charge is 0.336 e. The third-order valence-electron chi connectivity index (χ3n) is 4.53. The zero-order valence-corrected chi connectivity index (χ0v) is 12.1. The van der Waals surface area contributed by atoms with E-state index in [0.29, 0.717) is 24.4 Å².